The van der Waals surface area contributed by atoms with Crippen molar-refractivity contribution in [1.82, 2.24) is 5.32 Å². The largest absolute Gasteiger partial charge is 0.395 e. The Kier molecular flexibility index (Phi) is 4.67. The van der Waals surface area contributed by atoms with Gasteiger partial charge in [-0.3, -0.25) is 0 Å². The van der Waals surface area contributed by atoms with Crippen LogP contribution in [0.2, 0.25) is 0 Å². The van der Waals surface area contributed by atoms with Gasteiger partial charge >= 0.3 is 0 Å². The first-order chi connectivity index (χ1) is 11.1. The Morgan fingerprint density at radius 2 is 2.00 bits per heavy atom. The zero-order chi connectivity index (χ0) is 16.2. The second-order valence-electron chi connectivity index (χ2n) is 5.91. The van der Waals surface area contributed by atoms with Gasteiger partial charge in [-0.1, -0.05) is 18.2 Å². The number of halogens is 1. The van der Waals surface area contributed by atoms with Crippen LogP contribution in [0.25, 0.3) is 0 Å². The molecule has 122 valence electrons. The fourth-order valence-electron chi connectivity index (χ4n) is 2.97. The second-order valence-corrected chi connectivity index (χ2v) is 5.91. The molecular weight excluding hydrogens is 291 g/mol. The van der Waals surface area contributed by atoms with Crippen LogP contribution in [0.5, 0.6) is 0 Å². The quantitative estimate of drug-likeness (QED) is 0.760. The van der Waals surface area contributed by atoms with E-state index in [1.54, 1.807) is 12.1 Å². The molecule has 3 rings (SSSR count). The second kappa shape index (κ2) is 6.87. The summed E-state index contributed by atoms with van der Waals surface area (Å²) in [6, 6.07) is 10.8. The Balaban J connectivity index is 1.80. The van der Waals surface area contributed by atoms with Crippen LogP contribution in [0.15, 0.2) is 36.4 Å². The van der Waals surface area contributed by atoms with Gasteiger partial charge in [0, 0.05) is 32.7 Å². The van der Waals surface area contributed by atoms with Crippen LogP contribution < -0.4 is 21.3 Å². The van der Waals surface area contributed by atoms with Crippen LogP contribution in [0.4, 0.5) is 21.5 Å². The smallest absolute Gasteiger partial charge is 0.123 e. The Labute approximate surface area is 136 Å². The molecule has 1 heterocycles. The van der Waals surface area contributed by atoms with E-state index in [4.69, 9.17) is 5.73 Å². The first-order valence-corrected chi connectivity index (χ1v) is 7.98. The topological polar surface area (TPSA) is 53.3 Å². The van der Waals surface area contributed by atoms with E-state index >= 15 is 0 Å². The number of aryl methyl sites for hydroxylation is 1. The first-order valence-electron chi connectivity index (χ1n) is 7.98. The summed E-state index contributed by atoms with van der Waals surface area (Å²) in [5, 5.41) is 6.72. The fraction of sp³-hybridized carbons (Fsp3) is 0.333. The van der Waals surface area contributed by atoms with Crippen molar-refractivity contribution < 1.29 is 4.39 Å². The number of nitrogens with zero attached hydrogens (tertiary/aromatic N) is 1. The molecule has 4 N–H and O–H groups in total. The zero-order valence-electron chi connectivity index (χ0n) is 13.4. The minimum Gasteiger partial charge on any atom is -0.395 e. The number of nitrogens with one attached hydrogen (secondary N) is 2. The molecule has 0 aliphatic carbocycles. The molecule has 2 aromatic rings. The van der Waals surface area contributed by atoms with Crippen molar-refractivity contribution in [2.75, 3.05) is 42.1 Å². The summed E-state index contributed by atoms with van der Waals surface area (Å²) in [4.78, 5) is 2.30. The number of hydrogen-bond donors (Lipinski definition) is 3. The molecule has 23 heavy (non-hydrogen) atoms. The molecular formula is C18H23FN4. The number of hydrogen-bond acceptors (Lipinski definition) is 4. The van der Waals surface area contributed by atoms with E-state index < -0.39 is 0 Å². The summed E-state index contributed by atoms with van der Waals surface area (Å²) in [5.74, 6) is -0.219. The molecule has 1 aliphatic rings. The van der Waals surface area contributed by atoms with Gasteiger partial charge in [0.2, 0.25) is 0 Å². The van der Waals surface area contributed by atoms with Crippen molar-refractivity contribution in [3.63, 3.8) is 0 Å². The fourth-order valence-corrected chi connectivity index (χ4v) is 2.97. The molecule has 0 saturated carbocycles. The lowest BCUT2D eigenvalue weighted by Gasteiger charge is -2.31. The molecule has 1 saturated heterocycles. The van der Waals surface area contributed by atoms with Crippen LogP contribution in [0.3, 0.4) is 0 Å². The third kappa shape index (κ3) is 3.56. The van der Waals surface area contributed by atoms with Crippen LogP contribution in [-0.4, -0.2) is 26.2 Å². The molecule has 0 spiro atoms. The Bertz CT molecular complexity index is 681. The molecule has 0 bridgehead atoms. The highest BCUT2D eigenvalue weighted by atomic mass is 19.1. The summed E-state index contributed by atoms with van der Waals surface area (Å²) < 4.78 is 13.3. The first kappa shape index (κ1) is 15.6. The lowest BCUT2D eigenvalue weighted by Crippen LogP contribution is -2.43. The van der Waals surface area contributed by atoms with Gasteiger partial charge in [-0.25, -0.2) is 4.39 Å². The third-order valence-corrected chi connectivity index (χ3v) is 4.25. The SMILES string of the molecule is Cc1ccc(N2CCNCC2)c(N)c1NCc1cccc(F)c1. The molecule has 0 atom stereocenters. The van der Waals surface area contributed by atoms with Crippen molar-refractivity contribution >= 4 is 17.1 Å². The molecule has 0 amide bonds. The van der Waals surface area contributed by atoms with E-state index in [2.05, 4.69) is 27.7 Å². The number of anilines is 3. The summed E-state index contributed by atoms with van der Waals surface area (Å²) in [6.07, 6.45) is 0. The van der Waals surface area contributed by atoms with E-state index in [0.29, 0.717) is 6.54 Å². The van der Waals surface area contributed by atoms with Gasteiger partial charge < -0.3 is 21.3 Å². The number of piperazine rings is 1. The average Bonchev–Trinajstić information content (AvgIpc) is 2.55. The number of nitrogen functional groups attached to an aromatic ring is 1. The number of nitrogens with two attached hydrogens (primary N) is 1. The van der Waals surface area contributed by atoms with Gasteiger partial charge in [0.15, 0.2) is 0 Å². The van der Waals surface area contributed by atoms with Crippen LogP contribution in [-0.2, 0) is 6.54 Å². The number of benzene rings is 2. The molecule has 1 fully saturated rings. The van der Waals surface area contributed by atoms with Gasteiger partial charge in [0.1, 0.15) is 5.82 Å². The van der Waals surface area contributed by atoms with E-state index in [1.165, 1.54) is 6.07 Å². The maximum absolute atomic E-state index is 13.3. The zero-order valence-corrected chi connectivity index (χ0v) is 13.4. The predicted molar refractivity (Wildman–Crippen MR) is 94.4 cm³/mol. The normalized spacial score (nSPS) is 14.8. The van der Waals surface area contributed by atoms with Gasteiger partial charge in [0.05, 0.1) is 17.1 Å². The summed E-state index contributed by atoms with van der Waals surface area (Å²) in [7, 11) is 0. The minimum atomic E-state index is -0.219. The van der Waals surface area contributed by atoms with Crippen LogP contribution >= 0.6 is 0 Å². The molecule has 4 nitrogen and oxygen atoms in total. The van der Waals surface area contributed by atoms with Crippen molar-refractivity contribution in [2.45, 2.75) is 13.5 Å². The Morgan fingerprint density at radius 3 is 2.74 bits per heavy atom. The van der Waals surface area contributed by atoms with Crippen molar-refractivity contribution in [3.8, 4) is 0 Å². The standard InChI is InChI=1S/C18H23FN4/c1-13-5-6-16(23-9-7-21-8-10-23)17(20)18(13)22-12-14-3-2-4-15(19)11-14/h2-6,11,21-22H,7-10,12,20H2,1H3. The lowest BCUT2D eigenvalue weighted by atomic mass is 10.1. The van der Waals surface area contributed by atoms with Crippen molar-refractivity contribution in [2.24, 2.45) is 0 Å². The molecule has 2 aromatic carbocycles. The highest BCUT2D eigenvalue weighted by Gasteiger charge is 2.16. The van der Waals surface area contributed by atoms with Crippen molar-refractivity contribution in [3.05, 3.63) is 53.3 Å². The van der Waals surface area contributed by atoms with E-state index in [9.17, 15) is 4.39 Å². The minimum absolute atomic E-state index is 0.219. The predicted octanol–water partition coefficient (Wildman–Crippen LogP) is 2.74. The Morgan fingerprint density at radius 1 is 1.22 bits per heavy atom. The van der Waals surface area contributed by atoms with Gasteiger partial charge in [0.25, 0.3) is 0 Å². The molecule has 5 heteroatoms. The monoisotopic (exact) mass is 314 g/mol. The van der Waals surface area contributed by atoms with E-state index in [-0.39, 0.29) is 5.82 Å². The third-order valence-electron chi connectivity index (χ3n) is 4.25. The van der Waals surface area contributed by atoms with E-state index in [0.717, 1.165) is 54.4 Å². The highest BCUT2D eigenvalue weighted by Crippen LogP contribution is 2.34. The van der Waals surface area contributed by atoms with E-state index in [1.807, 2.05) is 13.0 Å². The van der Waals surface area contributed by atoms with Crippen molar-refractivity contribution in [1.29, 1.82) is 0 Å². The number of rotatable bonds is 4. The summed E-state index contributed by atoms with van der Waals surface area (Å²) in [5.41, 5.74) is 11.2. The maximum Gasteiger partial charge on any atom is 0.123 e. The molecule has 0 radical (unpaired) electrons. The molecule has 0 unspecified atom stereocenters. The highest BCUT2D eigenvalue weighted by molar-refractivity contribution is 5.83. The molecule has 0 aromatic heterocycles. The van der Waals surface area contributed by atoms with Crippen LogP contribution in [0, 0.1) is 12.7 Å². The summed E-state index contributed by atoms with van der Waals surface area (Å²) in [6.45, 7) is 6.44. The summed E-state index contributed by atoms with van der Waals surface area (Å²) >= 11 is 0. The molecule has 1 aliphatic heterocycles. The average molecular weight is 314 g/mol. The Hall–Kier alpha value is -2.27. The van der Waals surface area contributed by atoms with Gasteiger partial charge in [-0.2, -0.15) is 0 Å². The van der Waals surface area contributed by atoms with Gasteiger partial charge in [-0.15, -0.1) is 0 Å². The van der Waals surface area contributed by atoms with Crippen LogP contribution in [0.1, 0.15) is 11.1 Å². The lowest BCUT2D eigenvalue weighted by molar-refractivity contribution is 0.590. The maximum atomic E-state index is 13.3. The van der Waals surface area contributed by atoms with Gasteiger partial charge in [-0.05, 0) is 36.2 Å².